The monoisotopic (exact) mass is 249 g/mol. The van der Waals surface area contributed by atoms with Gasteiger partial charge in [0.15, 0.2) is 0 Å². The summed E-state index contributed by atoms with van der Waals surface area (Å²) < 4.78 is 0. The average molecular weight is 249 g/mol. The minimum Gasteiger partial charge on any atom is -0.305 e. The van der Waals surface area contributed by atoms with Crippen LogP contribution in [0.1, 0.15) is 11.5 Å². The van der Waals surface area contributed by atoms with E-state index in [0.29, 0.717) is 5.92 Å². The Labute approximate surface area is 114 Å². The van der Waals surface area contributed by atoms with Crippen LogP contribution >= 0.6 is 0 Å². The van der Waals surface area contributed by atoms with Crippen molar-refractivity contribution in [1.29, 1.82) is 0 Å². The van der Waals surface area contributed by atoms with Crippen molar-refractivity contribution in [3.05, 3.63) is 71.8 Å². The van der Waals surface area contributed by atoms with E-state index in [0.717, 1.165) is 6.54 Å². The van der Waals surface area contributed by atoms with Gasteiger partial charge in [0.25, 0.3) is 0 Å². The molecule has 3 rings (SSSR count). The smallest absolute Gasteiger partial charge is 0.0247 e. The zero-order valence-electron chi connectivity index (χ0n) is 11.5. The number of allylic oxidation sites excluding steroid dienone is 3. The van der Waals surface area contributed by atoms with Crippen molar-refractivity contribution in [2.75, 3.05) is 20.6 Å². The molecule has 0 spiro atoms. The molecule has 0 heterocycles. The summed E-state index contributed by atoms with van der Waals surface area (Å²) in [6.45, 7) is 1.02. The lowest BCUT2D eigenvalue weighted by molar-refractivity contribution is 0.439. The summed E-state index contributed by atoms with van der Waals surface area (Å²) in [6.07, 6.45) is 6.72. The van der Waals surface area contributed by atoms with Gasteiger partial charge in [0, 0.05) is 12.5 Å². The molecule has 2 aromatic carbocycles. The van der Waals surface area contributed by atoms with Gasteiger partial charge in [-0.25, -0.2) is 0 Å². The van der Waals surface area contributed by atoms with Crippen LogP contribution in [-0.4, -0.2) is 25.5 Å². The first-order valence-corrected chi connectivity index (χ1v) is 6.75. The van der Waals surface area contributed by atoms with E-state index in [1.165, 1.54) is 21.9 Å². The quantitative estimate of drug-likeness (QED) is 0.795. The summed E-state index contributed by atoms with van der Waals surface area (Å²) in [7, 11) is 4.24. The van der Waals surface area contributed by atoms with Crippen molar-refractivity contribution in [3.8, 4) is 0 Å². The molecule has 1 atom stereocenters. The Bertz CT molecular complexity index is 650. The Hall–Kier alpha value is -1.86. The second-order valence-electron chi connectivity index (χ2n) is 5.45. The number of hydrogen-bond acceptors (Lipinski definition) is 1. The van der Waals surface area contributed by atoms with Gasteiger partial charge in [-0.15, -0.1) is 0 Å². The average Bonchev–Trinajstić information content (AvgIpc) is 2.85. The van der Waals surface area contributed by atoms with E-state index in [1.807, 2.05) is 0 Å². The third kappa shape index (κ3) is 2.47. The zero-order valence-corrected chi connectivity index (χ0v) is 11.5. The maximum Gasteiger partial charge on any atom is 0.0247 e. The minimum absolute atomic E-state index is 0.437. The lowest BCUT2D eigenvalue weighted by Crippen LogP contribution is -2.17. The van der Waals surface area contributed by atoms with Crippen LogP contribution in [0, 0.1) is 0 Å². The molecule has 1 aliphatic rings. The predicted molar refractivity (Wildman–Crippen MR) is 82.5 cm³/mol. The molecule has 96 valence electrons. The summed E-state index contributed by atoms with van der Waals surface area (Å²) in [4.78, 5) is 2.23. The van der Waals surface area contributed by atoms with Crippen LogP contribution in [0.15, 0.2) is 66.3 Å². The number of nitrogens with zero attached hydrogens (tertiary/aromatic N) is 1. The number of benzene rings is 2. The molecular weight excluding hydrogens is 230 g/mol. The molecule has 1 heteroatoms. The van der Waals surface area contributed by atoms with Crippen molar-refractivity contribution in [3.63, 3.8) is 0 Å². The highest BCUT2D eigenvalue weighted by Gasteiger charge is 2.17. The molecule has 1 aliphatic carbocycles. The highest BCUT2D eigenvalue weighted by molar-refractivity contribution is 5.83. The molecule has 0 amide bonds. The van der Waals surface area contributed by atoms with E-state index < -0.39 is 0 Å². The largest absolute Gasteiger partial charge is 0.305 e. The third-order valence-electron chi connectivity index (χ3n) is 3.64. The number of fused-ring (bicyclic) bond motifs is 1. The van der Waals surface area contributed by atoms with E-state index in [-0.39, 0.29) is 0 Å². The van der Waals surface area contributed by atoms with Gasteiger partial charge in [-0.05, 0) is 36.0 Å². The highest BCUT2D eigenvalue weighted by atomic mass is 15.0. The molecule has 0 fully saturated rings. The molecule has 0 aliphatic heterocycles. The van der Waals surface area contributed by atoms with Gasteiger partial charge in [-0.1, -0.05) is 60.7 Å². The van der Waals surface area contributed by atoms with Crippen molar-refractivity contribution in [2.24, 2.45) is 0 Å². The van der Waals surface area contributed by atoms with Gasteiger partial charge in [-0.3, -0.25) is 0 Å². The van der Waals surface area contributed by atoms with Crippen LogP contribution < -0.4 is 0 Å². The summed E-state index contributed by atoms with van der Waals surface area (Å²) >= 11 is 0. The second-order valence-corrected chi connectivity index (χ2v) is 5.45. The second kappa shape index (κ2) is 5.02. The Balaban J connectivity index is 1.95. The van der Waals surface area contributed by atoms with Gasteiger partial charge in [0.1, 0.15) is 0 Å². The van der Waals surface area contributed by atoms with Crippen LogP contribution in [-0.2, 0) is 0 Å². The van der Waals surface area contributed by atoms with Gasteiger partial charge in [-0.2, -0.15) is 0 Å². The summed E-state index contributed by atoms with van der Waals surface area (Å²) in [5, 5.41) is 2.64. The Morgan fingerprint density at radius 2 is 1.79 bits per heavy atom. The molecule has 0 saturated carbocycles. The van der Waals surface area contributed by atoms with Gasteiger partial charge >= 0.3 is 0 Å². The van der Waals surface area contributed by atoms with Crippen molar-refractivity contribution in [2.45, 2.75) is 5.92 Å². The van der Waals surface area contributed by atoms with Gasteiger partial charge in [0.2, 0.25) is 0 Å². The fourth-order valence-electron chi connectivity index (χ4n) is 2.76. The topological polar surface area (TPSA) is 3.24 Å². The van der Waals surface area contributed by atoms with E-state index in [9.17, 15) is 0 Å². The lowest BCUT2D eigenvalue weighted by Gasteiger charge is -2.18. The summed E-state index contributed by atoms with van der Waals surface area (Å²) in [5.41, 5.74) is 2.86. The maximum absolute atomic E-state index is 2.32. The van der Waals surface area contributed by atoms with Crippen molar-refractivity contribution in [1.82, 2.24) is 4.90 Å². The maximum atomic E-state index is 2.32. The van der Waals surface area contributed by atoms with Gasteiger partial charge < -0.3 is 4.90 Å². The summed E-state index contributed by atoms with van der Waals surface area (Å²) in [5.74, 6) is 0.437. The van der Waals surface area contributed by atoms with E-state index in [1.54, 1.807) is 0 Å². The van der Waals surface area contributed by atoms with Crippen LogP contribution in [0.2, 0.25) is 0 Å². The van der Waals surface area contributed by atoms with Crippen molar-refractivity contribution >= 4 is 10.8 Å². The van der Waals surface area contributed by atoms with Crippen LogP contribution in [0.4, 0.5) is 0 Å². The number of hydrogen-bond donors (Lipinski definition) is 0. The first-order valence-electron chi connectivity index (χ1n) is 6.75. The SMILES string of the molecule is CN(C)CC1=CC=CC1c1ccc2ccccc2c1. The molecular formula is C18H19N. The number of rotatable bonds is 3. The van der Waals surface area contributed by atoms with Crippen LogP contribution in [0.3, 0.4) is 0 Å². The zero-order chi connectivity index (χ0) is 13.2. The third-order valence-corrected chi connectivity index (χ3v) is 3.64. The Kier molecular flexibility index (Phi) is 3.22. The first-order chi connectivity index (χ1) is 9.24. The highest BCUT2D eigenvalue weighted by Crippen LogP contribution is 2.32. The molecule has 0 N–H and O–H groups in total. The molecule has 19 heavy (non-hydrogen) atoms. The van der Waals surface area contributed by atoms with E-state index >= 15 is 0 Å². The lowest BCUT2D eigenvalue weighted by atomic mass is 9.92. The predicted octanol–water partition coefficient (Wildman–Crippen LogP) is 3.98. The molecule has 0 aromatic heterocycles. The van der Waals surface area contributed by atoms with Crippen molar-refractivity contribution < 1.29 is 0 Å². The van der Waals surface area contributed by atoms with E-state index in [4.69, 9.17) is 0 Å². The normalized spacial score (nSPS) is 18.3. The van der Waals surface area contributed by atoms with Gasteiger partial charge in [0.05, 0.1) is 0 Å². The molecule has 0 saturated heterocycles. The fourth-order valence-corrected chi connectivity index (χ4v) is 2.76. The Morgan fingerprint density at radius 1 is 1.00 bits per heavy atom. The Morgan fingerprint density at radius 3 is 2.58 bits per heavy atom. The molecule has 2 aromatic rings. The standard InChI is InChI=1S/C18H19N/c1-19(2)13-17-8-5-9-18(17)16-11-10-14-6-3-4-7-15(14)12-16/h3-12,18H,13H2,1-2H3. The summed E-state index contributed by atoms with van der Waals surface area (Å²) in [6, 6.07) is 15.4. The molecule has 1 unspecified atom stereocenters. The molecule has 1 nitrogen and oxygen atoms in total. The number of likely N-dealkylation sites (N-methyl/N-ethyl adjacent to an activating group) is 1. The fraction of sp³-hybridized carbons (Fsp3) is 0.222. The minimum atomic E-state index is 0.437. The van der Waals surface area contributed by atoms with Crippen LogP contribution in [0.5, 0.6) is 0 Å². The first kappa shape index (κ1) is 12.2. The molecule has 0 bridgehead atoms. The van der Waals surface area contributed by atoms with Crippen LogP contribution in [0.25, 0.3) is 10.8 Å². The van der Waals surface area contributed by atoms with E-state index in [2.05, 4.69) is 79.7 Å². The molecule has 0 radical (unpaired) electrons.